The predicted octanol–water partition coefficient (Wildman–Crippen LogP) is 5.09. The number of halogens is 2. The summed E-state index contributed by atoms with van der Waals surface area (Å²) in [6, 6.07) is 13.1. The molecule has 0 unspecified atom stereocenters. The number of benzene rings is 2. The number of rotatable bonds is 5. The van der Waals surface area contributed by atoms with Gasteiger partial charge in [0.25, 0.3) is 0 Å². The predicted molar refractivity (Wildman–Crippen MR) is 88.6 cm³/mol. The van der Waals surface area contributed by atoms with Crippen LogP contribution in [0.5, 0.6) is 0 Å². The molecule has 2 nitrogen and oxygen atoms in total. The van der Waals surface area contributed by atoms with E-state index in [1.54, 1.807) is 18.2 Å². The highest BCUT2D eigenvalue weighted by Crippen LogP contribution is 2.31. The van der Waals surface area contributed by atoms with Gasteiger partial charge in [-0.05, 0) is 37.1 Å². The molecule has 0 bridgehead atoms. The van der Waals surface area contributed by atoms with Gasteiger partial charge in [0.1, 0.15) is 5.25 Å². The fourth-order valence-electron chi connectivity index (χ4n) is 1.87. The summed E-state index contributed by atoms with van der Waals surface area (Å²) >= 11 is 13.4. The largest absolute Gasteiger partial charge is 0.480 e. The van der Waals surface area contributed by atoms with Crippen molar-refractivity contribution in [3.63, 3.8) is 0 Å². The average molecular weight is 341 g/mol. The molecule has 2 aromatic rings. The molecule has 0 spiro atoms. The van der Waals surface area contributed by atoms with Gasteiger partial charge in [0, 0.05) is 4.90 Å². The summed E-state index contributed by atoms with van der Waals surface area (Å²) in [6.45, 7) is 1.99. The Hall–Kier alpha value is -1.16. The van der Waals surface area contributed by atoms with Crippen LogP contribution in [0.4, 0.5) is 0 Å². The number of aliphatic carboxylic acids is 1. The maximum absolute atomic E-state index is 11.5. The maximum atomic E-state index is 11.5. The number of thioether (sulfide) groups is 1. The van der Waals surface area contributed by atoms with Gasteiger partial charge in [-0.25, -0.2) is 0 Å². The Morgan fingerprint density at radius 1 is 1.19 bits per heavy atom. The molecule has 0 aliphatic heterocycles. The van der Waals surface area contributed by atoms with Crippen molar-refractivity contribution in [2.75, 3.05) is 0 Å². The van der Waals surface area contributed by atoms with E-state index in [9.17, 15) is 9.90 Å². The van der Waals surface area contributed by atoms with Crippen LogP contribution in [0, 0.1) is 6.92 Å². The summed E-state index contributed by atoms with van der Waals surface area (Å²) in [5.41, 5.74) is 1.89. The van der Waals surface area contributed by atoms with Crippen LogP contribution >= 0.6 is 35.0 Å². The van der Waals surface area contributed by atoms with Gasteiger partial charge in [0.15, 0.2) is 0 Å². The fraction of sp³-hybridized carbons (Fsp3) is 0.188. The van der Waals surface area contributed by atoms with Crippen LogP contribution in [0.1, 0.15) is 11.1 Å². The third-order valence-corrected chi connectivity index (χ3v) is 5.07. The monoisotopic (exact) mass is 340 g/mol. The summed E-state index contributed by atoms with van der Waals surface area (Å²) in [5.74, 6) is -0.864. The van der Waals surface area contributed by atoms with Crippen molar-refractivity contribution in [3.05, 3.63) is 63.6 Å². The van der Waals surface area contributed by atoms with E-state index in [1.807, 2.05) is 31.2 Å². The molecule has 0 radical (unpaired) electrons. The molecule has 1 N–H and O–H groups in total. The second-order valence-corrected chi connectivity index (χ2v) is 6.74. The standard InChI is InChI=1S/C16H14Cl2O2S/c1-10-5-7-12(8-6-10)21-14(16(19)20)9-11-3-2-4-13(17)15(11)18/h2-8,14H,9H2,1H3,(H,19,20)/t14-/m1/s1. The van der Waals surface area contributed by atoms with E-state index in [2.05, 4.69) is 0 Å². The van der Waals surface area contributed by atoms with E-state index in [0.717, 1.165) is 16.0 Å². The van der Waals surface area contributed by atoms with Gasteiger partial charge in [0.2, 0.25) is 0 Å². The van der Waals surface area contributed by atoms with Crippen LogP contribution in [-0.4, -0.2) is 16.3 Å². The van der Waals surface area contributed by atoms with Crippen LogP contribution in [0.25, 0.3) is 0 Å². The van der Waals surface area contributed by atoms with Crippen molar-refractivity contribution in [2.45, 2.75) is 23.5 Å². The van der Waals surface area contributed by atoms with Crippen LogP contribution < -0.4 is 0 Å². The molecule has 5 heteroatoms. The average Bonchev–Trinajstić information content (AvgIpc) is 2.45. The quantitative estimate of drug-likeness (QED) is 0.770. The summed E-state index contributed by atoms with van der Waals surface area (Å²) in [5, 5.41) is 9.68. The molecule has 0 aliphatic rings. The Morgan fingerprint density at radius 2 is 1.86 bits per heavy atom. The van der Waals surface area contributed by atoms with Gasteiger partial charge in [-0.2, -0.15) is 0 Å². The minimum atomic E-state index is -0.864. The van der Waals surface area contributed by atoms with E-state index in [1.165, 1.54) is 11.8 Å². The highest BCUT2D eigenvalue weighted by Gasteiger charge is 2.21. The summed E-state index contributed by atoms with van der Waals surface area (Å²) in [6.07, 6.45) is 0.327. The van der Waals surface area contributed by atoms with Gasteiger partial charge < -0.3 is 5.11 Å². The number of carboxylic acid groups (broad SMARTS) is 1. The lowest BCUT2D eigenvalue weighted by Crippen LogP contribution is -2.19. The molecular formula is C16H14Cl2O2S. The van der Waals surface area contributed by atoms with Gasteiger partial charge in [0.05, 0.1) is 10.0 Å². The van der Waals surface area contributed by atoms with Crippen LogP contribution in [0.15, 0.2) is 47.4 Å². The zero-order valence-electron chi connectivity index (χ0n) is 11.3. The van der Waals surface area contributed by atoms with Gasteiger partial charge in [-0.15, -0.1) is 11.8 Å². The topological polar surface area (TPSA) is 37.3 Å². The second kappa shape index (κ2) is 7.21. The van der Waals surface area contributed by atoms with Crippen molar-refractivity contribution in [3.8, 4) is 0 Å². The lowest BCUT2D eigenvalue weighted by molar-refractivity contribution is -0.136. The van der Waals surface area contributed by atoms with Crippen LogP contribution in [-0.2, 0) is 11.2 Å². The molecule has 1 atom stereocenters. The Balaban J connectivity index is 2.18. The lowest BCUT2D eigenvalue weighted by atomic mass is 10.1. The fourth-order valence-corrected chi connectivity index (χ4v) is 3.25. The van der Waals surface area contributed by atoms with E-state index in [-0.39, 0.29) is 0 Å². The molecule has 2 aromatic carbocycles. The maximum Gasteiger partial charge on any atom is 0.317 e. The Morgan fingerprint density at radius 3 is 2.48 bits per heavy atom. The zero-order chi connectivity index (χ0) is 15.4. The summed E-state index contributed by atoms with van der Waals surface area (Å²) in [4.78, 5) is 12.4. The molecular weight excluding hydrogens is 327 g/mol. The Kier molecular flexibility index (Phi) is 5.57. The van der Waals surface area contributed by atoms with Crippen molar-refractivity contribution in [1.29, 1.82) is 0 Å². The SMILES string of the molecule is Cc1ccc(S[C@H](Cc2cccc(Cl)c2Cl)C(=O)O)cc1. The molecule has 0 heterocycles. The molecule has 0 aliphatic carbocycles. The molecule has 2 rings (SSSR count). The lowest BCUT2D eigenvalue weighted by Gasteiger charge is -2.14. The Labute approximate surface area is 138 Å². The van der Waals surface area contributed by atoms with E-state index >= 15 is 0 Å². The second-order valence-electron chi connectivity index (χ2n) is 4.67. The third kappa shape index (κ3) is 4.40. The first-order chi connectivity index (χ1) is 9.97. The minimum Gasteiger partial charge on any atom is -0.480 e. The van der Waals surface area contributed by atoms with Gasteiger partial charge in [-0.3, -0.25) is 4.79 Å². The first kappa shape index (κ1) is 16.2. The molecule has 21 heavy (non-hydrogen) atoms. The number of aryl methyl sites for hydroxylation is 1. The smallest absolute Gasteiger partial charge is 0.317 e. The van der Waals surface area contributed by atoms with Crippen molar-refractivity contribution >= 4 is 40.9 Å². The van der Waals surface area contributed by atoms with Crippen LogP contribution in [0.3, 0.4) is 0 Å². The van der Waals surface area contributed by atoms with Crippen LogP contribution in [0.2, 0.25) is 10.0 Å². The van der Waals surface area contributed by atoms with E-state index < -0.39 is 11.2 Å². The Bertz CT molecular complexity index is 641. The van der Waals surface area contributed by atoms with Crippen molar-refractivity contribution in [2.24, 2.45) is 0 Å². The van der Waals surface area contributed by atoms with Crippen molar-refractivity contribution in [1.82, 2.24) is 0 Å². The summed E-state index contributed by atoms with van der Waals surface area (Å²) in [7, 11) is 0. The highest BCUT2D eigenvalue weighted by molar-refractivity contribution is 8.00. The molecule has 110 valence electrons. The van der Waals surface area contributed by atoms with E-state index in [4.69, 9.17) is 23.2 Å². The van der Waals surface area contributed by atoms with Gasteiger partial charge in [-0.1, -0.05) is 53.0 Å². The molecule has 0 fully saturated rings. The van der Waals surface area contributed by atoms with Crippen molar-refractivity contribution < 1.29 is 9.90 Å². The molecule has 0 saturated heterocycles. The van der Waals surface area contributed by atoms with E-state index in [0.29, 0.717) is 16.5 Å². The molecule has 0 aromatic heterocycles. The first-order valence-corrected chi connectivity index (χ1v) is 8.00. The van der Waals surface area contributed by atoms with Gasteiger partial charge >= 0.3 is 5.97 Å². The minimum absolute atomic E-state index is 0.327. The summed E-state index contributed by atoms with van der Waals surface area (Å²) < 4.78 is 0. The number of carbonyl (C=O) groups is 1. The number of hydrogen-bond donors (Lipinski definition) is 1. The zero-order valence-corrected chi connectivity index (χ0v) is 13.7. The number of hydrogen-bond acceptors (Lipinski definition) is 2. The molecule has 0 saturated carbocycles. The molecule has 0 amide bonds. The third-order valence-electron chi connectivity index (χ3n) is 3.01. The highest BCUT2D eigenvalue weighted by atomic mass is 35.5. The number of carboxylic acids is 1. The normalized spacial score (nSPS) is 12.1. The first-order valence-electron chi connectivity index (χ1n) is 6.36.